The van der Waals surface area contributed by atoms with E-state index in [9.17, 15) is 0 Å². The van der Waals surface area contributed by atoms with Crippen LogP contribution in [0.15, 0.2) is 249 Å². The minimum atomic E-state index is -0.154. The Hall–Kier alpha value is -9.10. The number of hydrogen-bond acceptors (Lipinski definition) is 6. The van der Waals surface area contributed by atoms with Crippen molar-refractivity contribution in [3.05, 3.63) is 236 Å². The number of anilines is 9. The molecule has 8 heteroatoms. The third-order valence-electron chi connectivity index (χ3n) is 17.0. The van der Waals surface area contributed by atoms with Gasteiger partial charge >= 0.3 is 0 Å². The topological polar surface area (TPSA) is 36.0 Å². The highest BCUT2D eigenvalue weighted by molar-refractivity contribution is 8.00. The molecule has 0 saturated heterocycles. The molecule has 0 atom stereocenters. The zero-order valence-electron chi connectivity index (χ0n) is 43.2. The first-order valence-corrected chi connectivity index (χ1v) is 27.9. The normalized spacial score (nSPS) is 13.9. The van der Waals surface area contributed by atoms with Gasteiger partial charge in [0.1, 0.15) is 22.3 Å². The summed E-state index contributed by atoms with van der Waals surface area (Å²) in [6.45, 7) is 6.63. The maximum atomic E-state index is 7.09. The summed E-state index contributed by atoms with van der Waals surface area (Å²) in [5, 5.41) is 4.54. The summed E-state index contributed by atoms with van der Waals surface area (Å²) in [5.74, 6) is 0. The van der Waals surface area contributed by atoms with Gasteiger partial charge in [-0.25, -0.2) is 0 Å². The van der Waals surface area contributed by atoms with E-state index in [1.165, 1.54) is 53.5 Å². The van der Waals surface area contributed by atoms with Crippen molar-refractivity contribution in [1.29, 1.82) is 0 Å². The minimum absolute atomic E-state index is 0.0116. The number of para-hydroxylation sites is 6. The Balaban J connectivity index is 1.03. The molecule has 17 rings (SSSR count). The van der Waals surface area contributed by atoms with Crippen molar-refractivity contribution in [2.45, 2.75) is 36.0 Å². The molecule has 0 aliphatic carbocycles. The summed E-state index contributed by atoms with van der Waals surface area (Å²) in [4.78, 5) is 10.2. The van der Waals surface area contributed by atoms with Gasteiger partial charge in [0.15, 0.2) is 0 Å². The Morgan fingerprint density at radius 3 is 1.63 bits per heavy atom. The molecule has 13 aromatic rings. The summed E-state index contributed by atoms with van der Waals surface area (Å²) < 4.78 is 14.0. The second-order valence-corrected chi connectivity index (χ2v) is 23.3. The molecule has 366 valence electrons. The van der Waals surface area contributed by atoms with Gasteiger partial charge in [0.25, 0.3) is 6.71 Å². The smallest absolute Gasteiger partial charge is 0.252 e. The van der Waals surface area contributed by atoms with Crippen LogP contribution in [-0.4, -0.2) is 13.4 Å². The van der Waals surface area contributed by atoms with Crippen molar-refractivity contribution >= 4 is 153 Å². The third-order valence-corrected chi connectivity index (χ3v) is 18.2. The van der Waals surface area contributed by atoms with Crippen LogP contribution in [0, 0.1) is 0 Å². The van der Waals surface area contributed by atoms with Crippen molar-refractivity contribution in [2.75, 3.05) is 14.7 Å². The summed E-state index contributed by atoms with van der Waals surface area (Å²) in [5.41, 5.74) is 24.9. The average molecular weight is 1020 g/mol. The molecule has 5 nitrogen and oxygen atoms in total. The Bertz CT molecular complexity index is 4680. The molecule has 11 aromatic carbocycles. The Labute approximate surface area is 457 Å². The summed E-state index contributed by atoms with van der Waals surface area (Å²) in [6.07, 6.45) is 0. The van der Waals surface area contributed by atoms with E-state index < -0.39 is 0 Å². The molecule has 78 heavy (non-hydrogen) atoms. The van der Waals surface area contributed by atoms with Gasteiger partial charge in [0, 0.05) is 83.5 Å². The van der Waals surface area contributed by atoms with E-state index in [4.69, 9.17) is 8.83 Å². The quantitative estimate of drug-likeness (QED) is 0.164. The molecule has 0 unspecified atom stereocenters. The van der Waals surface area contributed by atoms with Gasteiger partial charge in [-0.15, -0.1) is 0 Å². The van der Waals surface area contributed by atoms with E-state index in [0.717, 1.165) is 101 Å². The van der Waals surface area contributed by atoms with Gasteiger partial charge in [-0.3, -0.25) is 0 Å². The van der Waals surface area contributed by atoms with Gasteiger partial charge in [-0.05, 0) is 105 Å². The lowest BCUT2D eigenvalue weighted by molar-refractivity contribution is 0.590. The SMILES string of the molecule is CC(C)(C)c1ccc(-c2ccccc2N2c3cc4c(cc3B3c5ccccc5N(c5ccccc5)c5c3c2cc2oc3ccccc3c52)B2c3ccccc3Sc3c2c(cc2oc5ccccc5c32)N4c2ccccc2)cc1. The summed E-state index contributed by atoms with van der Waals surface area (Å²) in [7, 11) is 0. The maximum absolute atomic E-state index is 7.09. The lowest BCUT2D eigenvalue weighted by atomic mass is 9.30. The van der Waals surface area contributed by atoms with Gasteiger partial charge in [-0.1, -0.05) is 196 Å². The zero-order chi connectivity index (χ0) is 51.5. The van der Waals surface area contributed by atoms with E-state index in [-0.39, 0.29) is 18.8 Å². The number of hydrogen-bond donors (Lipinski definition) is 0. The molecule has 0 spiro atoms. The second-order valence-electron chi connectivity index (χ2n) is 22.3. The van der Waals surface area contributed by atoms with Crippen LogP contribution >= 0.6 is 11.8 Å². The molecular formula is C70H47B2N3O2S. The van der Waals surface area contributed by atoms with Crippen LogP contribution in [-0.2, 0) is 5.41 Å². The highest BCUT2D eigenvalue weighted by Gasteiger charge is 2.49. The Morgan fingerprint density at radius 1 is 0.385 bits per heavy atom. The van der Waals surface area contributed by atoms with Gasteiger partial charge in [0.05, 0.1) is 16.8 Å². The zero-order valence-corrected chi connectivity index (χ0v) is 44.0. The monoisotopic (exact) mass is 1020 g/mol. The number of fused-ring (bicyclic) bond motifs is 16. The lowest BCUT2D eigenvalue weighted by Gasteiger charge is -2.46. The molecule has 4 aliphatic rings. The van der Waals surface area contributed by atoms with Crippen molar-refractivity contribution < 1.29 is 8.83 Å². The van der Waals surface area contributed by atoms with Crippen LogP contribution in [0.4, 0.5) is 51.2 Å². The molecule has 0 radical (unpaired) electrons. The van der Waals surface area contributed by atoms with Crippen LogP contribution in [0.5, 0.6) is 0 Å². The highest BCUT2D eigenvalue weighted by Crippen LogP contribution is 2.53. The van der Waals surface area contributed by atoms with Gasteiger partial charge < -0.3 is 23.5 Å². The second kappa shape index (κ2) is 16.2. The van der Waals surface area contributed by atoms with Crippen molar-refractivity contribution in [3.63, 3.8) is 0 Å². The first-order chi connectivity index (χ1) is 38.4. The maximum Gasteiger partial charge on any atom is 0.252 e. The van der Waals surface area contributed by atoms with Crippen molar-refractivity contribution in [1.82, 2.24) is 0 Å². The van der Waals surface area contributed by atoms with Gasteiger partial charge in [0.2, 0.25) is 6.71 Å². The van der Waals surface area contributed by atoms with E-state index in [2.05, 4.69) is 266 Å². The average Bonchev–Trinajstić information content (AvgIpc) is 3.61. The Kier molecular flexibility index (Phi) is 9.16. The Morgan fingerprint density at radius 2 is 0.923 bits per heavy atom. The van der Waals surface area contributed by atoms with E-state index in [0.29, 0.717) is 0 Å². The standard InChI is InChI=1S/C70H47B2N3O2S/c1-70(2,3)43-36-34-42(35-37-43)46-24-10-15-29-53(46)75-56-39-55-51(72-50-28-14-19-33-63(50)78-69-65-48-26-12-18-32-60(48)77-62(65)41-58(67(69)72)73(55)44-20-6-4-7-21-44)38-52(56)71-49-27-13-16-30-54(49)74(45-22-8-5-9-23-45)68-64-47-25-11-17-31-59(47)76-61(64)40-57(75)66(68)71/h4-41H,1-3H3. The largest absolute Gasteiger partial charge is 0.456 e. The fraction of sp³-hybridized carbons (Fsp3) is 0.0571. The third kappa shape index (κ3) is 6.12. The van der Waals surface area contributed by atoms with Crippen LogP contribution < -0.4 is 47.5 Å². The number of furan rings is 2. The highest BCUT2D eigenvalue weighted by atomic mass is 32.2. The van der Waals surface area contributed by atoms with Crippen LogP contribution in [0.25, 0.3) is 55.0 Å². The molecule has 0 fully saturated rings. The molecule has 4 aliphatic heterocycles. The molecule has 6 heterocycles. The number of nitrogens with zero attached hydrogens (tertiary/aromatic N) is 3. The van der Waals surface area contributed by atoms with E-state index >= 15 is 0 Å². The van der Waals surface area contributed by atoms with E-state index in [1.54, 1.807) is 0 Å². The lowest BCUT2D eigenvalue weighted by Crippen LogP contribution is -2.64. The molecule has 0 saturated carbocycles. The molecule has 0 N–H and O–H groups in total. The van der Waals surface area contributed by atoms with Gasteiger partial charge in [-0.2, -0.15) is 0 Å². The van der Waals surface area contributed by atoms with Crippen LogP contribution in [0.3, 0.4) is 0 Å². The molecule has 0 amide bonds. The molecule has 0 bridgehead atoms. The predicted molar refractivity (Wildman–Crippen MR) is 329 cm³/mol. The number of benzene rings is 11. The van der Waals surface area contributed by atoms with E-state index in [1.807, 2.05) is 11.8 Å². The first-order valence-electron chi connectivity index (χ1n) is 27.1. The number of rotatable bonds is 4. The molecule has 2 aromatic heterocycles. The minimum Gasteiger partial charge on any atom is -0.456 e. The van der Waals surface area contributed by atoms with Crippen molar-refractivity contribution in [3.8, 4) is 11.1 Å². The molecular weight excluding hydrogens is 968 g/mol. The summed E-state index contributed by atoms with van der Waals surface area (Å²) in [6, 6.07) is 85.3. The van der Waals surface area contributed by atoms with Crippen LogP contribution in [0.1, 0.15) is 26.3 Å². The summed E-state index contributed by atoms with van der Waals surface area (Å²) >= 11 is 1.89. The fourth-order valence-electron chi connectivity index (χ4n) is 13.7. The van der Waals surface area contributed by atoms with Crippen LogP contribution in [0.2, 0.25) is 0 Å². The van der Waals surface area contributed by atoms with Crippen molar-refractivity contribution in [2.24, 2.45) is 0 Å². The predicted octanol–water partition coefficient (Wildman–Crippen LogP) is 15.3. The first kappa shape index (κ1) is 44.1. The fourth-order valence-corrected chi connectivity index (χ4v) is 15.0.